The Bertz CT molecular complexity index is 867. The van der Waals surface area contributed by atoms with Gasteiger partial charge in [-0.2, -0.15) is 13.2 Å². The molecule has 8 heteroatoms. The summed E-state index contributed by atoms with van der Waals surface area (Å²) in [5, 5.41) is 5.47. The van der Waals surface area contributed by atoms with Gasteiger partial charge >= 0.3 is 6.18 Å². The third kappa shape index (κ3) is 8.05. The molecule has 0 aliphatic carbocycles. The average molecular weight is 454 g/mol. The van der Waals surface area contributed by atoms with Gasteiger partial charge in [-0.05, 0) is 36.2 Å². The predicted molar refractivity (Wildman–Crippen MR) is 121 cm³/mol. The Labute approximate surface area is 186 Å². The summed E-state index contributed by atoms with van der Waals surface area (Å²) in [7, 11) is 0. The molecule has 2 aromatic carbocycles. The van der Waals surface area contributed by atoms with Gasteiger partial charge in [-0.15, -0.1) is 0 Å². The zero-order chi connectivity index (χ0) is 23.6. The molecular formula is C24H31F4N3O. The van der Waals surface area contributed by atoms with Gasteiger partial charge in [-0.1, -0.05) is 57.6 Å². The standard InChI is InChI=1S/C24H31F4N3O/c1-2-3-4-5-6-7-8-9-21(32)31-20-15-14-19(22(25)23(20)29)30-16-17-10-12-18(13-11-17)24(26,27)28/h10-15,30H,2-9,16,29H2,1H3,(H,31,32). The van der Waals surface area contributed by atoms with Gasteiger partial charge in [0.15, 0.2) is 5.82 Å². The van der Waals surface area contributed by atoms with E-state index in [2.05, 4.69) is 17.6 Å². The van der Waals surface area contributed by atoms with Crippen LogP contribution < -0.4 is 16.4 Å². The average Bonchev–Trinajstić information content (AvgIpc) is 2.75. The first-order chi connectivity index (χ1) is 15.2. The molecule has 4 N–H and O–H groups in total. The molecule has 0 aliphatic rings. The van der Waals surface area contributed by atoms with Gasteiger partial charge in [0.05, 0.1) is 22.6 Å². The van der Waals surface area contributed by atoms with Crippen molar-refractivity contribution in [3.8, 4) is 0 Å². The number of nitrogen functional groups attached to an aromatic ring is 1. The molecule has 0 aromatic heterocycles. The molecule has 1 amide bonds. The van der Waals surface area contributed by atoms with E-state index in [1.807, 2.05) is 0 Å². The largest absolute Gasteiger partial charge is 0.416 e. The Morgan fingerprint density at radius 1 is 0.906 bits per heavy atom. The lowest BCUT2D eigenvalue weighted by molar-refractivity contribution is -0.137. The van der Waals surface area contributed by atoms with Gasteiger partial charge in [0.2, 0.25) is 5.91 Å². The Morgan fingerprint density at radius 3 is 2.12 bits per heavy atom. The molecule has 0 fully saturated rings. The van der Waals surface area contributed by atoms with E-state index >= 15 is 0 Å². The van der Waals surface area contributed by atoms with Gasteiger partial charge in [-0.25, -0.2) is 4.39 Å². The zero-order valence-electron chi connectivity index (χ0n) is 18.3. The first kappa shape index (κ1) is 25.5. The van der Waals surface area contributed by atoms with Crippen LogP contribution in [0.5, 0.6) is 0 Å². The summed E-state index contributed by atoms with van der Waals surface area (Å²) in [4.78, 5) is 12.1. The number of anilines is 3. The summed E-state index contributed by atoms with van der Waals surface area (Å²) in [5.74, 6) is -0.930. The molecule has 0 radical (unpaired) electrons. The van der Waals surface area contributed by atoms with E-state index in [1.165, 1.54) is 49.9 Å². The summed E-state index contributed by atoms with van der Waals surface area (Å²) >= 11 is 0. The quantitative estimate of drug-likeness (QED) is 0.182. The lowest BCUT2D eigenvalue weighted by Crippen LogP contribution is -2.14. The molecule has 0 unspecified atom stereocenters. The highest BCUT2D eigenvalue weighted by atomic mass is 19.4. The number of carbonyl (C=O) groups excluding carboxylic acids is 1. The topological polar surface area (TPSA) is 67.2 Å². The highest BCUT2D eigenvalue weighted by Crippen LogP contribution is 2.30. The third-order valence-electron chi connectivity index (χ3n) is 5.23. The predicted octanol–water partition coefficient (Wildman–Crippen LogP) is 7.12. The van der Waals surface area contributed by atoms with Crippen LogP contribution in [0.15, 0.2) is 36.4 Å². The highest BCUT2D eigenvalue weighted by molar-refractivity contribution is 5.94. The van der Waals surface area contributed by atoms with Crippen molar-refractivity contribution in [3.63, 3.8) is 0 Å². The van der Waals surface area contributed by atoms with Crippen molar-refractivity contribution in [2.24, 2.45) is 0 Å². The molecule has 0 saturated heterocycles. The van der Waals surface area contributed by atoms with E-state index in [-0.39, 0.29) is 29.5 Å². The molecule has 4 nitrogen and oxygen atoms in total. The number of alkyl halides is 3. The fraction of sp³-hybridized carbons (Fsp3) is 0.458. The van der Waals surface area contributed by atoms with Crippen molar-refractivity contribution in [1.29, 1.82) is 0 Å². The van der Waals surface area contributed by atoms with Crippen LogP contribution in [0, 0.1) is 5.82 Å². The minimum atomic E-state index is -4.40. The number of benzene rings is 2. The Balaban J connectivity index is 1.84. The van der Waals surface area contributed by atoms with Gasteiger partial charge in [-0.3, -0.25) is 4.79 Å². The molecule has 0 atom stereocenters. The monoisotopic (exact) mass is 453 g/mol. The van der Waals surface area contributed by atoms with Crippen LogP contribution in [0.3, 0.4) is 0 Å². The summed E-state index contributed by atoms with van der Waals surface area (Å²) in [5.41, 5.74) is 5.78. The maximum absolute atomic E-state index is 14.6. The van der Waals surface area contributed by atoms with E-state index in [9.17, 15) is 22.4 Å². The van der Waals surface area contributed by atoms with Crippen molar-refractivity contribution in [2.45, 2.75) is 71.0 Å². The van der Waals surface area contributed by atoms with Crippen LogP contribution in [-0.4, -0.2) is 5.91 Å². The van der Waals surface area contributed by atoms with Crippen molar-refractivity contribution in [3.05, 3.63) is 53.3 Å². The van der Waals surface area contributed by atoms with Gasteiger partial charge in [0.25, 0.3) is 0 Å². The van der Waals surface area contributed by atoms with E-state index in [4.69, 9.17) is 5.73 Å². The second-order valence-electron chi connectivity index (χ2n) is 7.86. The van der Waals surface area contributed by atoms with E-state index in [0.29, 0.717) is 12.0 Å². The van der Waals surface area contributed by atoms with E-state index in [1.54, 1.807) is 0 Å². The summed E-state index contributed by atoms with van der Waals surface area (Å²) in [6, 6.07) is 7.57. The van der Waals surface area contributed by atoms with Crippen LogP contribution in [0.1, 0.15) is 69.4 Å². The number of amides is 1. The van der Waals surface area contributed by atoms with Crippen molar-refractivity contribution in [1.82, 2.24) is 0 Å². The van der Waals surface area contributed by atoms with Crippen LogP contribution in [0.25, 0.3) is 0 Å². The second-order valence-corrected chi connectivity index (χ2v) is 7.86. The molecule has 2 rings (SSSR count). The minimum absolute atomic E-state index is 0.104. The number of carbonyl (C=O) groups is 1. The van der Waals surface area contributed by atoms with Crippen molar-refractivity contribution >= 4 is 23.0 Å². The molecule has 0 spiro atoms. The van der Waals surface area contributed by atoms with Gasteiger partial charge in [0.1, 0.15) is 0 Å². The molecule has 0 bridgehead atoms. The van der Waals surface area contributed by atoms with E-state index in [0.717, 1.165) is 31.4 Å². The zero-order valence-corrected chi connectivity index (χ0v) is 18.3. The molecule has 0 heterocycles. The fourth-order valence-electron chi connectivity index (χ4n) is 3.30. The molecule has 176 valence electrons. The van der Waals surface area contributed by atoms with Crippen LogP contribution in [-0.2, 0) is 17.5 Å². The number of nitrogens with one attached hydrogen (secondary N) is 2. The maximum Gasteiger partial charge on any atom is 0.416 e. The normalized spacial score (nSPS) is 11.4. The number of hydrogen-bond acceptors (Lipinski definition) is 3. The number of halogens is 4. The lowest BCUT2D eigenvalue weighted by Gasteiger charge is -2.14. The van der Waals surface area contributed by atoms with Crippen LogP contribution >= 0.6 is 0 Å². The van der Waals surface area contributed by atoms with E-state index < -0.39 is 17.6 Å². The fourth-order valence-corrected chi connectivity index (χ4v) is 3.30. The summed E-state index contributed by atoms with van der Waals surface area (Å²) in [6.45, 7) is 2.29. The molecule has 0 saturated carbocycles. The smallest absolute Gasteiger partial charge is 0.395 e. The third-order valence-corrected chi connectivity index (χ3v) is 5.23. The lowest BCUT2D eigenvalue weighted by atomic mass is 10.1. The number of hydrogen-bond donors (Lipinski definition) is 3. The van der Waals surface area contributed by atoms with Crippen molar-refractivity contribution < 1.29 is 22.4 Å². The molecular weight excluding hydrogens is 422 g/mol. The highest BCUT2D eigenvalue weighted by Gasteiger charge is 2.29. The first-order valence-electron chi connectivity index (χ1n) is 11.0. The molecule has 0 aliphatic heterocycles. The SMILES string of the molecule is CCCCCCCCCC(=O)Nc1ccc(NCc2ccc(C(F)(F)F)cc2)c(F)c1N. The van der Waals surface area contributed by atoms with Gasteiger partial charge in [0, 0.05) is 13.0 Å². The summed E-state index contributed by atoms with van der Waals surface area (Å²) in [6.07, 6.45) is 3.63. The van der Waals surface area contributed by atoms with Gasteiger partial charge < -0.3 is 16.4 Å². The van der Waals surface area contributed by atoms with Crippen molar-refractivity contribution in [2.75, 3.05) is 16.4 Å². The molecule has 2 aromatic rings. The Kier molecular flexibility index (Phi) is 9.81. The van der Waals surface area contributed by atoms with Crippen LogP contribution in [0.2, 0.25) is 0 Å². The summed E-state index contributed by atoms with van der Waals surface area (Å²) < 4.78 is 52.5. The first-order valence-corrected chi connectivity index (χ1v) is 11.0. The minimum Gasteiger partial charge on any atom is -0.395 e. The Morgan fingerprint density at radius 2 is 1.50 bits per heavy atom. The maximum atomic E-state index is 14.6. The van der Waals surface area contributed by atoms with Crippen LogP contribution in [0.4, 0.5) is 34.6 Å². The second kappa shape index (κ2) is 12.3. The molecule has 32 heavy (non-hydrogen) atoms. The number of rotatable bonds is 12. The number of nitrogens with two attached hydrogens (primary N) is 1. The number of unbranched alkanes of at least 4 members (excludes halogenated alkanes) is 6. The Hall–Kier alpha value is -2.77.